The lowest BCUT2D eigenvalue weighted by Crippen LogP contribution is -2.49. The van der Waals surface area contributed by atoms with Crippen LogP contribution < -0.4 is 10.2 Å². The highest BCUT2D eigenvalue weighted by Gasteiger charge is 2.37. The van der Waals surface area contributed by atoms with Crippen molar-refractivity contribution in [3.8, 4) is 0 Å². The number of carbonyl (C=O) groups is 2. The predicted molar refractivity (Wildman–Crippen MR) is 85.6 cm³/mol. The number of rotatable bonds is 5. The molecule has 0 saturated carbocycles. The van der Waals surface area contributed by atoms with E-state index in [2.05, 4.69) is 5.32 Å². The molecule has 1 aromatic rings. The first kappa shape index (κ1) is 16.5. The van der Waals surface area contributed by atoms with Crippen molar-refractivity contribution >= 4 is 17.5 Å². The lowest BCUT2D eigenvalue weighted by Gasteiger charge is -2.27. The van der Waals surface area contributed by atoms with Gasteiger partial charge in [-0.1, -0.05) is 32.0 Å². The molecule has 0 fully saturated rings. The number of fused-ring (bicyclic) bond motifs is 1. The fourth-order valence-electron chi connectivity index (χ4n) is 2.82. The van der Waals surface area contributed by atoms with Gasteiger partial charge >= 0.3 is 0 Å². The molecule has 2 rings (SSSR count). The Balaban J connectivity index is 2.09. The summed E-state index contributed by atoms with van der Waals surface area (Å²) in [6, 6.07) is 7.13. The van der Waals surface area contributed by atoms with Gasteiger partial charge in [-0.3, -0.25) is 14.5 Å². The smallest absolute Gasteiger partial charge is 0.243 e. The van der Waals surface area contributed by atoms with Gasteiger partial charge in [-0.05, 0) is 23.5 Å². The van der Waals surface area contributed by atoms with Crippen molar-refractivity contribution in [2.45, 2.75) is 39.7 Å². The van der Waals surface area contributed by atoms with Gasteiger partial charge in [0.05, 0.1) is 0 Å². The van der Waals surface area contributed by atoms with Crippen molar-refractivity contribution in [2.24, 2.45) is 5.41 Å². The molecule has 0 unspecified atom stereocenters. The summed E-state index contributed by atoms with van der Waals surface area (Å²) < 4.78 is 0. The summed E-state index contributed by atoms with van der Waals surface area (Å²) in [7, 11) is 0. The van der Waals surface area contributed by atoms with Crippen LogP contribution in [-0.2, 0) is 16.0 Å². The minimum Gasteiger partial charge on any atom is -0.396 e. The molecule has 5 nitrogen and oxygen atoms in total. The van der Waals surface area contributed by atoms with Crippen LogP contribution in [-0.4, -0.2) is 36.1 Å². The van der Waals surface area contributed by atoms with Crippen molar-refractivity contribution < 1.29 is 14.7 Å². The first-order valence-corrected chi connectivity index (χ1v) is 7.62. The average Bonchev–Trinajstić information content (AvgIpc) is 2.84. The van der Waals surface area contributed by atoms with Crippen molar-refractivity contribution in [2.75, 3.05) is 18.1 Å². The van der Waals surface area contributed by atoms with Crippen LogP contribution in [0, 0.1) is 5.41 Å². The van der Waals surface area contributed by atoms with Crippen molar-refractivity contribution in [1.29, 1.82) is 0 Å². The fraction of sp³-hybridized carbons (Fsp3) is 0.529. The number of aliphatic hydroxyl groups is 1. The van der Waals surface area contributed by atoms with Gasteiger partial charge in [0.2, 0.25) is 11.8 Å². The highest BCUT2D eigenvalue weighted by atomic mass is 16.3. The number of para-hydroxylation sites is 1. The Labute approximate surface area is 131 Å². The maximum absolute atomic E-state index is 12.5. The van der Waals surface area contributed by atoms with Gasteiger partial charge in [0, 0.05) is 32.2 Å². The quantitative estimate of drug-likeness (QED) is 0.866. The van der Waals surface area contributed by atoms with Crippen LogP contribution in [0.1, 0.15) is 32.8 Å². The van der Waals surface area contributed by atoms with Crippen LogP contribution >= 0.6 is 0 Å². The molecule has 120 valence electrons. The van der Waals surface area contributed by atoms with Gasteiger partial charge in [-0.25, -0.2) is 0 Å². The summed E-state index contributed by atoms with van der Waals surface area (Å²) in [5.41, 5.74) is 1.67. The van der Waals surface area contributed by atoms with E-state index >= 15 is 0 Å². The third-order valence-electron chi connectivity index (χ3n) is 4.15. The largest absolute Gasteiger partial charge is 0.396 e. The SMILES string of the molecule is CC(=O)N1c2ccccc2C[C@H]1C(=O)NCC(C)(C)CCO. The van der Waals surface area contributed by atoms with Crippen molar-refractivity contribution in [3.63, 3.8) is 0 Å². The highest BCUT2D eigenvalue weighted by molar-refractivity contribution is 6.02. The van der Waals surface area contributed by atoms with Gasteiger partial charge in [0.1, 0.15) is 6.04 Å². The molecule has 5 heteroatoms. The second kappa shape index (κ2) is 6.48. The van der Waals surface area contributed by atoms with Crippen LogP contribution in [0.2, 0.25) is 0 Å². The summed E-state index contributed by atoms with van der Waals surface area (Å²) in [6.45, 7) is 6.05. The zero-order valence-corrected chi connectivity index (χ0v) is 13.4. The molecule has 0 aromatic heterocycles. The zero-order chi connectivity index (χ0) is 16.3. The maximum Gasteiger partial charge on any atom is 0.243 e. The Kier molecular flexibility index (Phi) is 4.86. The van der Waals surface area contributed by atoms with Gasteiger partial charge in [-0.15, -0.1) is 0 Å². The third-order valence-corrected chi connectivity index (χ3v) is 4.15. The van der Waals surface area contributed by atoms with Crippen LogP contribution in [0.5, 0.6) is 0 Å². The van der Waals surface area contributed by atoms with Crippen molar-refractivity contribution in [3.05, 3.63) is 29.8 Å². The molecule has 0 saturated heterocycles. The first-order chi connectivity index (χ1) is 10.4. The normalized spacial score (nSPS) is 17.3. The lowest BCUT2D eigenvalue weighted by atomic mass is 9.89. The summed E-state index contributed by atoms with van der Waals surface area (Å²) in [5.74, 6) is -0.267. The standard InChI is InChI=1S/C17H24N2O3/c1-12(21)19-14-7-5-4-6-13(14)10-15(19)16(22)18-11-17(2,3)8-9-20/h4-7,15,20H,8-11H2,1-3H3,(H,18,22)/t15-/m0/s1. The summed E-state index contributed by atoms with van der Waals surface area (Å²) in [6.07, 6.45) is 1.16. The molecule has 0 spiro atoms. The molecular weight excluding hydrogens is 280 g/mol. The van der Waals surface area contributed by atoms with Gasteiger partial charge in [-0.2, -0.15) is 0 Å². The van der Waals surface area contributed by atoms with E-state index in [-0.39, 0.29) is 23.8 Å². The molecule has 0 bridgehead atoms. The molecule has 0 aliphatic carbocycles. The number of hydrogen-bond acceptors (Lipinski definition) is 3. The van der Waals surface area contributed by atoms with Gasteiger partial charge in [0.25, 0.3) is 0 Å². The molecule has 1 aromatic carbocycles. The second-order valence-corrected chi connectivity index (χ2v) is 6.59. The summed E-state index contributed by atoms with van der Waals surface area (Å²) in [4.78, 5) is 26.0. The Hall–Kier alpha value is -1.88. The molecular formula is C17H24N2O3. The molecule has 1 heterocycles. The van der Waals surface area contributed by atoms with E-state index in [1.807, 2.05) is 38.1 Å². The Bertz CT molecular complexity index is 569. The Morgan fingerprint density at radius 1 is 1.36 bits per heavy atom. The molecule has 1 aliphatic rings. The predicted octanol–water partition coefficient (Wildman–Crippen LogP) is 1.49. The van der Waals surface area contributed by atoms with Crippen LogP contribution in [0.25, 0.3) is 0 Å². The zero-order valence-electron chi connectivity index (χ0n) is 13.4. The molecule has 1 aliphatic heterocycles. The number of anilines is 1. The average molecular weight is 304 g/mol. The van der Waals surface area contributed by atoms with E-state index in [4.69, 9.17) is 5.11 Å². The lowest BCUT2D eigenvalue weighted by molar-refractivity contribution is -0.125. The number of nitrogens with zero attached hydrogens (tertiary/aromatic N) is 1. The first-order valence-electron chi connectivity index (χ1n) is 7.62. The molecule has 0 radical (unpaired) electrons. The number of nitrogens with one attached hydrogen (secondary N) is 1. The minimum atomic E-state index is -0.486. The van der Waals surface area contributed by atoms with E-state index in [1.54, 1.807) is 4.90 Å². The van der Waals surface area contributed by atoms with E-state index in [9.17, 15) is 9.59 Å². The Morgan fingerprint density at radius 2 is 2.05 bits per heavy atom. The third kappa shape index (κ3) is 3.47. The summed E-state index contributed by atoms with van der Waals surface area (Å²) in [5, 5.41) is 12.0. The van der Waals surface area contributed by atoms with E-state index in [0.717, 1.165) is 11.3 Å². The minimum absolute atomic E-state index is 0.0946. The second-order valence-electron chi connectivity index (χ2n) is 6.59. The number of amides is 2. The molecule has 2 amide bonds. The van der Waals surface area contributed by atoms with Crippen molar-refractivity contribution in [1.82, 2.24) is 5.32 Å². The Morgan fingerprint density at radius 3 is 2.68 bits per heavy atom. The van der Waals surface area contributed by atoms with E-state index in [1.165, 1.54) is 6.92 Å². The summed E-state index contributed by atoms with van der Waals surface area (Å²) >= 11 is 0. The number of aliphatic hydroxyl groups excluding tert-OH is 1. The maximum atomic E-state index is 12.5. The van der Waals surface area contributed by atoms with E-state index < -0.39 is 6.04 Å². The molecule has 1 atom stereocenters. The highest BCUT2D eigenvalue weighted by Crippen LogP contribution is 2.32. The number of hydrogen-bond donors (Lipinski definition) is 2. The topological polar surface area (TPSA) is 69.6 Å². The van der Waals surface area contributed by atoms with Gasteiger partial charge < -0.3 is 10.4 Å². The number of carbonyl (C=O) groups excluding carboxylic acids is 2. The van der Waals surface area contributed by atoms with Crippen LogP contribution in [0.3, 0.4) is 0 Å². The molecule has 22 heavy (non-hydrogen) atoms. The van der Waals surface area contributed by atoms with E-state index in [0.29, 0.717) is 19.4 Å². The van der Waals surface area contributed by atoms with Crippen LogP contribution in [0.15, 0.2) is 24.3 Å². The van der Waals surface area contributed by atoms with Crippen LogP contribution in [0.4, 0.5) is 5.69 Å². The van der Waals surface area contributed by atoms with Gasteiger partial charge in [0.15, 0.2) is 0 Å². The molecule has 2 N–H and O–H groups in total. The fourth-order valence-corrected chi connectivity index (χ4v) is 2.82. The number of benzene rings is 1. The monoisotopic (exact) mass is 304 g/mol.